The lowest BCUT2D eigenvalue weighted by atomic mass is 10.0. The van der Waals surface area contributed by atoms with Gasteiger partial charge < -0.3 is 0 Å². The Morgan fingerprint density at radius 3 is 1.93 bits per heavy atom. The van der Waals surface area contributed by atoms with Crippen molar-refractivity contribution in [1.82, 2.24) is 0 Å². The molecule has 1 aromatic carbocycles. The largest absolute Gasteiger partial charge is 0.151 e. The number of rotatable bonds is 3. The third-order valence-electron chi connectivity index (χ3n) is 2.42. The topological polar surface area (TPSA) is 0 Å². The highest BCUT2D eigenvalue weighted by molar-refractivity contribution is 8.00. The Morgan fingerprint density at radius 1 is 1.00 bits per heavy atom. The summed E-state index contributed by atoms with van der Waals surface area (Å²) in [6.45, 7) is 11.2. The summed E-state index contributed by atoms with van der Waals surface area (Å²) in [4.78, 5) is 0. The van der Waals surface area contributed by atoms with Crippen molar-refractivity contribution in [3.05, 3.63) is 34.9 Å². The standard InChI is InChI=1S/C13H20S/c1-9(2)14-12(5)13-10(3)7-6-8-11(13)4/h6-9,12H,1-5H3. The highest BCUT2D eigenvalue weighted by atomic mass is 32.2. The van der Waals surface area contributed by atoms with Gasteiger partial charge in [-0.25, -0.2) is 0 Å². The van der Waals surface area contributed by atoms with Gasteiger partial charge in [0.2, 0.25) is 0 Å². The van der Waals surface area contributed by atoms with Crippen molar-refractivity contribution in [1.29, 1.82) is 0 Å². The molecule has 0 aliphatic carbocycles. The van der Waals surface area contributed by atoms with Crippen LogP contribution in [0.2, 0.25) is 0 Å². The molecule has 1 rings (SSSR count). The maximum atomic E-state index is 2.31. The molecule has 0 heterocycles. The van der Waals surface area contributed by atoms with Crippen LogP contribution in [0.4, 0.5) is 0 Å². The summed E-state index contributed by atoms with van der Waals surface area (Å²) in [5.74, 6) is 0. The lowest BCUT2D eigenvalue weighted by Crippen LogP contribution is -1.99. The molecule has 0 N–H and O–H groups in total. The molecular weight excluding hydrogens is 188 g/mol. The Morgan fingerprint density at radius 2 is 1.50 bits per heavy atom. The van der Waals surface area contributed by atoms with Crippen LogP contribution in [-0.2, 0) is 0 Å². The van der Waals surface area contributed by atoms with Gasteiger partial charge in [-0.05, 0) is 42.7 Å². The van der Waals surface area contributed by atoms with E-state index in [2.05, 4.69) is 52.8 Å². The highest BCUT2D eigenvalue weighted by Crippen LogP contribution is 2.34. The van der Waals surface area contributed by atoms with Gasteiger partial charge in [0.05, 0.1) is 0 Å². The molecule has 0 aliphatic rings. The first-order valence-electron chi connectivity index (χ1n) is 5.24. The van der Waals surface area contributed by atoms with E-state index in [1.54, 1.807) is 0 Å². The summed E-state index contributed by atoms with van der Waals surface area (Å²) in [6.07, 6.45) is 0. The zero-order valence-corrected chi connectivity index (χ0v) is 10.6. The first-order valence-corrected chi connectivity index (χ1v) is 6.18. The van der Waals surface area contributed by atoms with Gasteiger partial charge in [-0.15, -0.1) is 0 Å². The molecule has 0 nitrogen and oxygen atoms in total. The van der Waals surface area contributed by atoms with Crippen molar-refractivity contribution in [2.45, 2.75) is 45.1 Å². The second kappa shape index (κ2) is 4.88. The van der Waals surface area contributed by atoms with Gasteiger partial charge in [-0.3, -0.25) is 0 Å². The van der Waals surface area contributed by atoms with Crippen molar-refractivity contribution < 1.29 is 0 Å². The minimum Gasteiger partial charge on any atom is -0.151 e. The molecule has 1 heteroatoms. The monoisotopic (exact) mass is 208 g/mol. The van der Waals surface area contributed by atoms with Crippen molar-refractivity contribution in [2.24, 2.45) is 0 Å². The Bertz CT molecular complexity index is 282. The van der Waals surface area contributed by atoms with Crippen molar-refractivity contribution in [2.75, 3.05) is 0 Å². The molecule has 1 atom stereocenters. The molecule has 0 spiro atoms. The van der Waals surface area contributed by atoms with Crippen LogP contribution in [0, 0.1) is 13.8 Å². The van der Waals surface area contributed by atoms with Crippen LogP contribution in [0.25, 0.3) is 0 Å². The van der Waals surface area contributed by atoms with Crippen molar-refractivity contribution in [3.8, 4) is 0 Å². The normalized spacial score (nSPS) is 13.3. The van der Waals surface area contributed by atoms with E-state index in [0.29, 0.717) is 10.5 Å². The maximum Gasteiger partial charge on any atom is 0.0276 e. The summed E-state index contributed by atoms with van der Waals surface area (Å²) >= 11 is 2.04. The lowest BCUT2D eigenvalue weighted by molar-refractivity contribution is 1.01. The van der Waals surface area contributed by atoms with Crippen LogP contribution >= 0.6 is 11.8 Å². The van der Waals surface area contributed by atoms with Gasteiger partial charge in [-0.1, -0.05) is 32.0 Å². The van der Waals surface area contributed by atoms with Gasteiger partial charge in [0.1, 0.15) is 0 Å². The highest BCUT2D eigenvalue weighted by Gasteiger charge is 2.12. The van der Waals surface area contributed by atoms with Crippen LogP contribution in [0.1, 0.15) is 42.7 Å². The molecule has 78 valence electrons. The average Bonchev–Trinajstić information content (AvgIpc) is 2.01. The zero-order chi connectivity index (χ0) is 10.7. The van der Waals surface area contributed by atoms with Crippen LogP contribution in [0.5, 0.6) is 0 Å². The molecule has 0 fully saturated rings. The van der Waals surface area contributed by atoms with Gasteiger partial charge in [0.15, 0.2) is 0 Å². The molecule has 14 heavy (non-hydrogen) atoms. The molecule has 0 saturated carbocycles. The molecule has 0 bridgehead atoms. The maximum absolute atomic E-state index is 2.31. The molecule has 0 aliphatic heterocycles. The van der Waals surface area contributed by atoms with Gasteiger partial charge in [0, 0.05) is 5.25 Å². The third kappa shape index (κ3) is 2.78. The zero-order valence-electron chi connectivity index (χ0n) is 9.79. The summed E-state index contributed by atoms with van der Waals surface area (Å²) in [7, 11) is 0. The van der Waals surface area contributed by atoms with E-state index < -0.39 is 0 Å². The Kier molecular flexibility index (Phi) is 4.06. The predicted molar refractivity (Wildman–Crippen MR) is 67.1 cm³/mol. The van der Waals surface area contributed by atoms with Crippen molar-refractivity contribution >= 4 is 11.8 Å². The summed E-state index contributed by atoms with van der Waals surface area (Å²) in [5.41, 5.74) is 4.36. The Labute approximate surface area is 92.1 Å². The van der Waals surface area contributed by atoms with Gasteiger partial charge >= 0.3 is 0 Å². The van der Waals surface area contributed by atoms with Crippen molar-refractivity contribution in [3.63, 3.8) is 0 Å². The van der Waals surface area contributed by atoms with E-state index in [0.717, 1.165) is 0 Å². The summed E-state index contributed by atoms with van der Waals surface area (Å²) < 4.78 is 0. The molecule has 1 unspecified atom stereocenters. The number of benzene rings is 1. The quantitative estimate of drug-likeness (QED) is 0.704. The lowest BCUT2D eigenvalue weighted by Gasteiger charge is -2.18. The number of hydrogen-bond acceptors (Lipinski definition) is 1. The molecule has 0 amide bonds. The fraction of sp³-hybridized carbons (Fsp3) is 0.538. The summed E-state index contributed by atoms with van der Waals surface area (Å²) in [6, 6.07) is 6.56. The molecule has 1 aromatic rings. The minimum absolute atomic E-state index is 0.608. The van der Waals surface area contributed by atoms with Gasteiger partial charge in [0.25, 0.3) is 0 Å². The van der Waals surface area contributed by atoms with E-state index in [-0.39, 0.29) is 0 Å². The van der Waals surface area contributed by atoms with Crippen LogP contribution < -0.4 is 0 Å². The predicted octanol–water partition coefficient (Wildman–Crippen LogP) is 4.51. The second-order valence-corrected chi connectivity index (χ2v) is 6.05. The molecule has 0 aromatic heterocycles. The summed E-state index contributed by atoms with van der Waals surface area (Å²) in [5, 5.41) is 1.31. The molecule has 0 saturated heterocycles. The van der Waals surface area contributed by atoms with Crippen LogP contribution in [-0.4, -0.2) is 5.25 Å². The van der Waals surface area contributed by atoms with Gasteiger partial charge in [-0.2, -0.15) is 11.8 Å². The smallest absolute Gasteiger partial charge is 0.0276 e. The fourth-order valence-corrected chi connectivity index (χ4v) is 3.27. The van der Waals surface area contributed by atoms with E-state index in [9.17, 15) is 0 Å². The Hall–Kier alpha value is -0.430. The van der Waals surface area contributed by atoms with E-state index in [4.69, 9.17) is 0 Å². The third-order valence-corrected chi connectivity index (χ3v) is 3.61. The number of aryl methyl sites for hydroxylation is 2. The first kappa shape index (κ1) is 11.6. The fourth-order valence-electron chi connectivity index (χ4n) is 1.94. The van der Waals surface area contributed by atoms with E-state index in [1.807, 2.05) is 11.8 Å². The van der Waals surface area contributed by atoms with E-state index in [1.165, 1.54) is 16.7 Å². The average molecular weight is 208 g/mol. The van der Waals surface area contributed by atoms with Crippen LogP contribution in [0.15, 0.2) is 18.2 Å². The molecule has 0 radical (unpaired) electrons. The SMILES string of the molecule is Cc1cccc(C)c1C(C)SC(C)C. The molecular formula is C13H20S. The first-order chi connectivity index (χ1) is 6.52. The van der Waals surface area contributed by atoms with E-state index >= 15 is 0 Å². The Balaban J connectivity index is 2.94. The number of thioether (sulfide) groups is 1. The minimum atomic E-state index is 0.608. The number of hydrogen-bond donors (Lipinski definition) is 0. The second-order valence-electron chi connectivity index (χ2n) is 4.13. The van der Waals surface area contributed by atoms with Crippen LogP contribution in [0.3, 0.4) is 0 Å².